The summed E-state index contributed by atoms with van der Waals surface area (Å²) in [6.45, 7) is 12.1. The second-order valence-corrected chi connectivity index (χ2v) is 7.16. The molecule has 0 atom stereocenters. The van der Waals surface area contributed by atoms with Crippen molar-refractivity contribution in [1.82, 2.24) is 10.2 Å². The average Bonchev–Trinajstić information content (AvgIpc) is 2.42. The standard InChI is InChI=1S/C11H23N3.C5H10O2/c12-11-3-1-10(2-4-11)9-14-7-5-13-6-8-14;1-5(2,3)7-4-6/h10-11,13H,1-9,12H2;4H,1-3H3. The van der Waals surface area contributed by atoms with Gasteiger partial charge in [-0.25, -0.2) is 0 Å². The van der Waals surface area contributed by atoms with Crippen molar-refractivity contribution in [2.24, 2.45) is 11.7 Å². The van der Waals surface area contributed by atoms with Crippen LogP contribution in [-0.2, 0) is 9.53 Å². The average molecular weight is 299 g/mol. The van der Waals surface area contributed by atoms with Crippen LogP contribution in [-0.4, -0.2) is 55.7 Å². The molecule has 0 aromatic heterocycles. The van der Waals surface area contributed by atoms with Crippen molar-refractivity contribution < 1.29 is 9.53 Å². The fourth-order valence-electron chi connectivity index (χ4n) is 2.77. The third-order valence-corrected chi connectivity index (χ3v) is 4.02. The zero-order valence-corrected chi connectivity index (χ0v) is 13.9. The molecule has 21 heavy (non-hydrogen) atoms. The molecule has 2 fully saturated rings. The number of carbonyl (C=O) groups excluding carboxylic acids is 1. The topological polar surface area (TPSA) is 67.6 Å². The number of rotatable bonds is 3. The maximum absolute atomic E-state index is 9.60. The summed E-state index contributed by atoms with van der Waals surface area (Å²) in [4.78, 5) is 12.2. The van der Waals surface area contributed by atoms with Crippen molar-refractivity contribution in [2.75, 3.05) is 32.7 Å². The first kappa shape index (κ1) is 18.4. The molecule has 2 aliphatic rings. The van der Waals surface area contributed by atoms with E-state index in [0.29, 0.717) is 12.5 Å². The molecule has 1 saturated heterocycles. The van der Waals surface area contributed by atoms with Gasteiger partial charge in [-0.3, -0.25) is 4.79 Å². The van der Waals surface area contributed by atoms with Crippen LogP contribution in [0.3, 0.4) is 0 Å². The Morgan fingerprint density at radius 2 is 1.76 bits per heavy atom. The highest BCUT2D eigenvalue weighted by atomic mass is 16.5. The van der Waals surface area contributed by atoms with Crippen LogP contribution in [0.5, 0.6) is 0 Å². The molecule has 124 valence electrons. The summed E-state index contributed by atoms with van der Waals surface area (Å²) in [5.74, 6) is 0.924. The molecule has 0 radical (unpaired) electrons. The summed E-state index contributed by atoms with van der Waals surface area (Å²) in [6, 6.07) is 0.495. The van der Waals surface area contributed by atoms with Gasteiger partial charge in [0.25, 0.3) is 6.47 Å². The van der Waals surface area contributed by atoms with Crippen LogP contribution < -0.4 is 11.1 Å². The van der Waals surface area contributed by atoms with Crippen LogP contribution in [0, 0.1) is 5.92 Å². The molecule has 0 bridgehead atoms. The molecular formula is C16H33N3O2. The first-order chi connectivity index (χ1) is 9.90. The van der Waals surface area contributed by atoms with Crippen molar-refractivity contribution in [3.05, 3.63) is 0 Å². The largest absolute Gasteiger partial charge is 0.462 e. The fraction of sp³-hybridized carbons (Fsp3) is 0.938. The van der Waals surface area contributed by atoms with E-state index >= 15 is 0 Å². The lowest BCUT2D eigenvalue weighted by Crippen LogP contribution is -2.46. The van der Waals surface area contributed by atoms with Crippen molar-refractivity contribution in [1.29, 1.82) is 0 Å². The van der Waals surface area contributed by atoms with E-state index < -0.39 is 0 Å². The minimum atomic E-state index is -0.318. The SMILES string of the molecule is CC(C)(C)OC=O.NC1CCC(CN2CCNCC2)CC1. The number of hydrogen-bond acceptors (Lipinski definition) is 5. The predicted octanol–water partition coefficient (Wildman–Crippen LogP) is 1.37. The highest BCUT2D eigenvalue weighted by Crippen LogP contribution is 2.23. The van der Waals surface area contributed by atoms with E-state index in [0.717, 1.165) is 5.92 Å². The first-order valence-corrected chi connectivity index (χ1v) is 8.21. The molecule has 0 spiro atoms. The van der Waals surface area contributed by atoms with Gasteiger partial charge in [0.15, 0.2) is 0 Å². The van der Waals surface area contributed by atoms with Crippen LogP contribution in [0.15, 0.2) is 0 Å². The molecule has 1 aliphatic carbocycles. The molecule has 3 N–H and O–H groups in total. The number of ether oxygens (including phenoxy) is 1. The molecule has 0 aromatic carbocycles. The van der Waals surface area contributed by atoms with E-state index in [9.17, 15) is 4.79 Å². The lowest BCUT2D eigenvalue weighted by atomic mass is 9.86. The second kappa shape index (κ2) is 9.38. The lowest BCUT2D eigenvalue weighted by Gasteiger charge is -2.33. The second-order valence-electron chi connectivity index (χ2n) is 7.16. The van der Waals surface area contributed by atoms with Gasteiger partial charge in [0.1, 0.15) is 5.60 Å². The Labute approximate surface area is 129 Å². The third kappa shape index (κ3) is 9.06. The molecule has 5 nitrogen and oxygen atoms in total. The molecule has 0 amide bonds. The van der Waals surface area contributed by atoms with E-state index in [1.54, 1.807) is 0 Å². The molecule has 1 aliphatic heterocycles. The monoisotopic (exact) mass is 299 g/mol. The van der Waals surface area contributed by atoms with Gasteiger partial charge in [-0.1, -0.05) is 0 Å². The molecule has 0 unspecified atom stereocenters. The molecule has 5 heteroatoms. The van der Waals surface area contributed by atoms with E-state index in [2.05, 4.69) is 15.0 Å². The van der Waals surface area contributed by atoms with Gasteiger partial charge in [-0.2, -0.15) is 0 Å². The highest BCUT2D eigenvalue weighted by molar-refractivity contribution is 5.37. The molecule has 0 aromatic rings. The Hall–Kier alpha value is -0.650. The van der Waals surface area contributed by atoms with Crippen LogP contribution >= 0.6 is 0 Å². The number of hydrogen-bond donors (Lipinski definition) is 2. The fourth-order valence-corrected chi connectivity index (χ4v) is 2.77. The van der Waals surface area contributed by atoms with Gasteiger partial charge in [0.05, 0.1) is 0 Å². The van der Waals surface area contributed by atoms with Gasteiger partial charge in [-0.05, 0) is 52.4 Å². The highest BCUT2D eigenvalue weighted by Gasteiger charge is 2.21. The van der Waals surface area contributed by atoms with Crippen molar-refractivity contribution in [3.63, 3.8) is 0 Å². The summed E-state index contributed by atoms with van der Waals surface area (Å²) < 4.78 is 4.55. The zero-order chi connectivity index (χ0) is 15.7. The van der Waals surface area contributed by atoms with Gasteiger partial charge in [0, 0.05) is 38.8 Å². The van der Waals surface area contributed by atoms with Gasteiger partial charge < -0.3 is 20.7 Å². The minimum Gasteiger partial charge on any atom is -0.462 e. The quantitative estimate of drug-likeness (QED) is 0.770. The van der Waals surface area contributed by atoms with Crippen LogP contribution in [0.1, 0.15) is 46.5 Å². The maximum Gasteiger partial charge on any atom is 0.293 e. The van der Waals surface area contributed by atoms with Crippen molar-refractivity contribution >= 4 is 6.47 Å². The predicted molar refractivity (Wildman–Crippen MR) is 86.1 cm³/mol. The number of carbonyl (C=O) groups is 1. The minimum absolute atomic E-state index is 0.318. The van der Waals surface area contributed by atoms with Gasteiger partial charge in [-0.15, -0.1) is 0 Å². The lowest BCUT2D eigenvalue weighted by molar-refractivity contribution is -0.138. The Bertz CT molecular complexity index is 278. The number of piperazine rings is 1. The summed E-state index contributed by atoms with van der Waals surface area (Å²) in [5.41, 5.74) is 5.59. The van der Waals surface area contributed by atoms with Crippen LogP contribution in [0.4, 0.5) is 0 Å². The Morgan fingerprint density at radius 1 is 1.19 bits per heavy atom. The van der Waals surface area contributed by atoms with E-state index in [1.807, 2.05) is 20.8 Å². The normalized spacial score (nSPS) is 27.4. The van der Waals surface area contributed by atoms with Crippen LogP contribution in [0.2, 0.25) is 0 Å². The smallest absolute Gasteiger partial charge is 0.293 e. The molecule has 1 saturated carbocycles. The Balaban J connectivity index is 0.000000270. The number of nitrogens with zero attached hydrogens (tertiary/aromatic N) is 1. The van der Waals surface area contributed by atoms with E-state index in [-0.39, 0.29) is 5.60 Å². The molecular weight excluding hydrogens is 266 g/mol. The number of nitrogens with two attached hydrogens (primary N) is 1. The van der Waals surface area contributed by atoms with Crippen molar-refractivity contribution in [3.8, 4) is 0 Å². The zero-order valence-electron chi connectivity index (χ0n) is 13.9. The van der Waals surface area contributed by atoms with E-state index in [4.69, 9.17) is 5.73 Å². The van der Waals surface area contributed by atoms with Gasteiger partial charge in [0.2, 0.25) is 0 Å². The first-order valence-electron chi connectivity index (χ1n) is 8.21. The Morgan fingerprint density at radius 3 is 2.19 bits per heavy atom. The Kier molecular flexibility index (Phi) is 8.22. The maximum atomic E-state index is 9.60. The van der Waals surface area contributed by atoms with Crippen molar-refractivity contribution in [2.45, 2.75) is 58.1 Å². The summed E-state index contributed by atoms with van der Waals surface area (Å²) >= 11 is 0. The van der Waals surface area contributed by atoms with E-state index in [1.165, 1.54) is 58.4 Å². The van der Waals surface area contributed by atoms with Gasteiger partial charge >= 0.3 is 0 Å². The van der Waals surface area contributed by atoms with Crippen LogP contribution in [0.25, 0.3) is 0 Å². The summed E-state index contributed by atoms with van der Waals surface area (Å²) in [5, 5.41) is 3.40. The third-order valence-electron chi connectivity index (χ3n) is 4.02. The summed E-state index contributed by atoms with van der Waals surface area (Å²) in [7, 11) is 0. The summed E-state index contributed by atoms with van der Waals surface area (Å²) in [6.07, 6.45) is 5.20. The molecule has 2 rings (SSSR count). The molecule has 1 heterocycles. The number of nitrogens with one attached hydrogen (secondary N) is 1.